The SMILES string of the molecule is CC(C)c1ccccc1.P. The summed E-state index contributed by atoms with van der Waals surface area (Å²) in [4.78, 5) is 0. The van der Waals surface area contributed by atoms with Gasteiger partial charge in [-0.05, 0) is 11.5 Å². The molecule has 10 heavy (non-hydrogen) atoms. The fourth-order valence-corrected chi connectivity index (χ4v) is 0.838. The Kier molecular flexibility index (Phi) is 4.31. The highest BCUT2D eigenvalue weighted by molar-refractivity contribution is 6.92. The molecule has 0 aliphatic carbocycles. The molecule has 0 N–H and O–H groups in total. The second-order valence-electron chi connectivity index (χ2n) is 2.57. The minimum absolute atomic E-state index is 0. The quantitative estimate of drug-likeness (QED) is 0.545. The van der Waals surface area contributed by atoms with E-state index in [1.54, 1.807) is 0 Å². The Morgan fingerprint density at radius 2 is 1.50 bits per heavy atom. The molecule has 56 valence electrons. The maximum Gasteiger partial charge on any atom is -0.0219 e. The molecule has 0 nitrogen and oxygen atoms in total. The van der Waals surface area contributed by atoms with Gasteiger partial charge in [0.1, 0.15) is 0 Å². The van der Waals surface area contributed by atoms with E-state index in [9.17, 15) is 0 Å². The third-order valence-corrected chi connectivity index (χ3v) is 1.47. The second-order valence-corrected chi connectivity index (χ2v) is 2.57. The van der Waals surface area contributed by atoms with Crippen LogP contribution in [0.4, 0.5) is 0 Å². The Morgan fingerprint density at radius 3 is 1.80 bits per heavy atom. The van der Waals surface area contributed by atoms with Crippen molar-refractivity contribution in [2.24, 2.45) is 0 Å². The van der Waals surface area contributed by atoms with Gasteiger partial charge in [0, 0.05) is 0 Å². The Hall–Kier alpha value is -0.350. The molecule has 0 aliphatic heterocycles. The third-order valence-electron chi connectivity index (χ3n) is 1.47. The van der Waals surface area contributed by atoms with Crippen molar-refractivity contribution in [2.75, 3.05) is 0 Å². The van der Waals surface area contributed by atoms with E-state index in [4.69, 9.17) is 0 Å². The summed E-state index contributed by atoms with van der Waals surface area (Å²) in [7, 11) is 0. The molecule has 0 fully saturated rings. The van der Waals surface area contributed by atoms with Crippen molar-refractivity contribution < 1.29 is 0 Å². The van der Waals surface area contributed by atoms with Gasteiger partial charge in [-0.25, -0.2) is 0 Å². The van der Waals surface area contributed by atoms with Gasteiger partial charge in [-0.3, -0.25) is 0 Å². The Morgan fingerprint density at radius 1 is 1.00 bits per heavy atom. The highest BCUT2D eigenvalue weighted by Crippen LogP contribution is 2.11. The van der Waals surface area contributed by atoms with Crippen molar-refractivity contribution in [1.29, 1.82) is 0 Å². The molecule has 1 heteroatoms. The molecule has 1 unspecified atom stereocenters. The summed E-state index contributed by atoms with van der Waals surface area (Å²) >= 11 is 0. The van der Waals surface area contributed by atoms with E-state index < -0.39 is 0 Å². The summed E-state index contributed by atoms with van der Waals surface area (Å²) in [6.07, 6.45) is 0. The van der Waals surface area contributed by atoms with E-state index in [1.165, 1.54) is 5.56 Å². The monoisotopic (exact) mass is 154 g/mol. The predicted molar refractivity (Wildman–Crippen MR) is 51.6 cm³/mol. The fourth-order valence-electron chi connectivity index (χ4n) is 0.838. The van der Waals surface area contributed by atoms with Crippen molar-refractivity contribution in [3.05, 3.63) is 35.9 Å². The average Bonchev–Trinajstić information content (AvgIpc) is 1.90. The molecule has 0 aliphatic rings. The Balaban J connectivity index is 0.000000810. The summed E-state index contributed by atoms with van der Waals surface area (Å²) in [5, 5.41) is 0. The first-order valence-corrected chi connectivity index (χ1v) is 3.35. The third kappa shape index (κ3) is 2.49. The molecule has 0 aromatic heterocycles. The molecular formula is C9H15P. The van der Waals surface area contributed by atoms with E-state index in [0.717, 1.165) is 0 Å². The molecule has 0 bridgehead atoms. The zero-order valence-corrected chi connectivity index (χ0v) is 8.09. The van der Waals surface area contributed by atoms with Crippen LogP contribution in [0.3, 0.4) is 0 Å². The van der Waals surface area contributed by atoms with Crippen molar-refractivity contribution in [1.82, 2.24) is 0 Å². The zero-order valence-electron chi connectivity index (χ0n) is 6.67. The smallest absolute Gasteiger partial charge is 0.0219 e. The van der Waals surface area contributed by atoms with Crippen LogP contribution in [0.15, 0.2) is 30.3 Å². The van der Waals surface area contributed by atoms with E-state index in [0.29, 0.717) is 5.92 Å². The Labute approximate surface area is 66.3 Å². The fraction of sp³-hybridized carbons (Fsp3) is 0.333. The van der Waals surface area contributed by atoms with Crippen molar-refractivity contribution in [3.63, 3.8) is 0 Å². The van der Waals surface area contributed by atoms with Gasteiger partial charge in [0.15, 0.2) is 0 Å². The molecule has 1 atom stereocenters. The zero-order chi connectivity index (χ0) is 6.69. The summed E-state index contributed by atoms with van der Waals surface area (Å²) in [5.74, 6) is 0.659. The number of rotatable bonds is 1. The van der Waals surface area contributed by atoms with Gasteiger partial charge in [0.05, 0.1) is 0 Å². The first-order valence-electron chi connectivity index (χ1n) is 3.35. The lowest BCUT2D eigenvalue weighted by Crippen LogP contribution is -1.83. The van der Waals surface area contributed by atoms with Gasteiger partial charge >= 0.3 is 0 Å². The highest BCUT2D eigenvalue weighted by Gasteiger charge is 1.93. The van der Waals surface area contributed by atoms with Gasteiger partial charge in [0.2, 0.25) is 0 Å². The van der Waals surface area contributed by atoms with Gasteiger partial charge in [0.25, 0.3) is 0 Å². The topological polar surface area (TPSA) is 0 Å². The molecule has 1 aromatic rings. The number of benzene rings is 1. The van der Waals surface area contributed by atoms with Crippen LogP contribution in [-0.2, 0) is 0 Å². The lowest BCUT2D eigenvalue weighted by molar-refractivity contribution is 0.867. The Bertz CT molecular complexity index is 167. The summed E-state index contributed by atoms with van der Waals surface area (Å²) < 4.78 is 0. The lowest BCUT2D eigenvalue weighted by Gasteiger charge is -2.01. The largest absolute Gasteiger partial charge is 0.153 e. The minimum atomic E-state index is 0. The molecule has 0 amide bonds. The standard InChI is InChI=1S/C9H12.H3P/c1-8(2)9-6-4-3-5-7-9;/h3-8H,1-2H3;1H3. The van der Waals surface area contributed by atoms with E-state index in [-0.39, 0.29) is 9.90 Å². The van der Waals surface area contributed by atoms with Gasteiger partial charge < -0.3 is 0 Å². The molecule has 1 aromatic carbocycles. The maximum absolute atomic E-state index is 2.20. The molecule has 0 spiro atoms. The van der Waals surface area contributed by atoms with Crippen LogP contribution in [0.2, 0.25) is 0 Å². The molecule has 1 rings (SSSR count). The van der Waals surface area contributed by atoms with Crippen LogP contribution in [0.5, 0.6) is 0 Å². The molecule has 0 saturated heterocycles. The first-order chi connectivity index (χ1) is 4.30. The predicted octanol–water partition coefficient (Wildman–Crippen LogP) is 2.87. The van der Waals surface area contributed by atoms with E-state index in [1.807, 2.05) is 6.07 Å². The summed E-state index contributed by atoms with van der Waals surface area (Å²) in [6, 6.07) is 10.5. The van der Waals surface area contributed by atoms with Crippen LogP contribution in [0.1, 0.15) is 25.3 Å². The molecule has 0 radical (unpaired) electrons. The van der Waals surface area contributed by atoms with Gasteiger partial charge in [-0.15, -0.1) is 0 Å². The molecule has 0 saturated carbocycles. The molecular weight excluding hydrogens is 139 g/mol. The van der Waals surface area contributed by atoms with Gasteiger partial charge in [-0.1, -0.05) is 44.2 Å². The van der Waals surface area contributed by atoms with Crippen LogP contribution >= 0.6 is 9.90 Å². The van der Waals surface area contributed by atoms with Crippen LogP contribution < -0.4 is 0 Å². The lowest BCUT2D eigenvalue weighted by atomic mass is 10.0. The maximum atomic E-state index is 2.20. The highest BCUT2D eigenvalue weighted by atomic mass is 31.0. The number of hydrogen-bond donors (Lipinski definition) is 0. The van der Waals surface area contributed by atoms with Crippen molar-refractivity contribution in [2.45, 2.75) is 19.8 Å². The van der Waals surface area contributed by atoms with Gasteiger partial charge in [-0.2, -0.15) is 9.90 Å². The summed E-state index contributed by atoms with van der Waals surface area (Å²) in [6.45, 7) is 4.41. The van der Waals surface area contributed by atoms with Crippen molar-refractivity contribution in [3.8, 4) is 0 Å². The average molecular weight is 154 g/mol. The normalized spacial score (nSPS) is 9.10. The number of hydrogen-bond acceptors (Lipinski definition) is 0. The van der Waals surface area contributed by atoms with Crippen LogP contribution in [-0.4, -0.2) is 0 Å². The summed E-state index contributed by atoms with van der Waals surface area (Å²) in [5.41, 5.74) is 1.41. The second kappa shape index (κ2) is 4.46. The van der Waals surface area contributed by atoms with E-state index >= 15 is 0 Å². The minimum Gasteiger partial charge on any atom is -0.153 e. The molecule has 0 heterocycles. The van der Waals surface area contributed by atoms with E-state index in [2.05, 4.69) is 38.1 Å². The van der Waals surface area contributed by atoms with Crippen LogP contribution in [0.25, 0.3) is 0 Å². The first kappa shape index (κ1) is 9.65. The van der Waals surface area contributed by atoms with Crippen LogP contribution in [0, 0.1) is 0 Å². The van der Waals surface area contributed by atoms with Crippen molar-refractivity contribution >= 4 is 9.90 Å².